The number of fused-ring (bicyclic) bond motifs is 2. The van der Waals surface area contributed by atoms with Crippen LogP contribution >= 0.6 is 22.7 Å². The smallest absolute Gasteiger partial charge is 0.350 e. The first-order valence-electron chi connectivity index (χ1n) is 9.69. The summed E-state index contributed by atoms with van der Waals surface area (Å²) >= 11 is 2.47. The van der Waals surface area contributed by atoms with Crippen LogP contribution in [0.25, 0.3) is 11.0 Å². The lowest BCUT2D eigenvalue weighted by Crippen LogP contribution is -2.28. The number of para-hydroxylation sites is 1. The van der Waals surface area contributed by atoms with Crippen molar-refractivity contribution in [1.29, 1.82) is 0 Å². The minimum absolute atomic E-state index is 0.00395. The van der Waals surface area contributed by atoms with E-state index in [1.54, 1.807) is 31.2 Å². The van der Waals surface area contributed by atoms with Crippen LogP contribution in [-0.4, -0.2) is 23.5 Å². The zero-order chi connectivity index (χ0) is 22.4. The third-order valence-electron chi connectivity index (χ3n) is 5.10. The number of benzene rings is 1. The van der Waals surface area contributed by atoms with Crippen LogP contribution in [0.1, 0.15) is 42.4 Å². The summed E-state index contributed by atoms with van der Waals surface area (Å²) in [5, 5.41) is 2.59. The minimum Gasteiger partial charge on any atom is -0.457 e. The zero-order valence-corrected chi connectivity index (χ0v) is 18.5. The average Bonchev–Trinajstić information content (AvgIpc) is 3.51. The van der Waals surface area contributed by atoms with Crippen LogP contribution in [0.2, 0.25) is 0 Å². The molecule has 5 rings (SSSR count). The first kappa shape index (κ1) is 20.3. The highest BCUT2D eigenvalue weighted by Gasteiger charge is 2.45. The number of anilines is 1. The molecular weight excluding hydrogens is 448 g/mol. The van der Waals surface area contributed by atoms with E-state index >= 15 is 0 Å². The number of thiazole rings is 1. The number of hydrogen-bond donors (Lipinski definition) is 0. The molecule has 1 aromatic carbocycles. The minimum atomic E-state index is -0.694. The highest BCUT2D eigenvalue weighted by molar-refractivity contribution is 7.17. The fourth-order valence-corrected chi connectivity index (χ4v) is 5.52. The van der Waals surface area contributed by atoms with E-state index in [2.05, 4.69) is 11.6 Å². The number of hydrogen-bond acceptors (Lipinski definition) is 8. The molecule has 9 heteroatoms. The molecule has 1 aliphatic rings. The van der Waals surface area contributed by atoms with Crippen molar-refractivity contribution in [3.05, 3.63) is 91.4 Å². The molecule has 0 fully saturated rings. The number of aryl methyl sites for hydroxylation is 1. The summed E-state index contributed by atoms with van der Waals surface area (Å²) < 4.78 is 11.0. The van der Waals surface area contributed by atoms with E-state index in [9.17, 15) is 14.4 Å². The number of ether oxygens (including phenoxy) is 1. The number of amides is 1. The van der Waals surface area contributed by atoms with Gasteiger partial charge in [-0.05, 0) is 30.5 Å². The van der Waals surface area contributed by atoms with E-state index in [1.807, 2.05) is 17.5 Å². The molecule has 0 bridgehead atoms. The molecule has 0 N–H and O–H groups in total. The highest BCUT2D eigenvalue weighted by Crippen LogP contribution is 2.44. The van der Waals surface area contributed by atoms with Crippen molar-refractivity contribution in [1.82, 2.24) is 4.98 Å². The molecule has 0 saturated heterocycles. The van der Waals surface area contributed by atoms with Gasteiger partial charge in [-0.2, -0.15) is 0 Å². The van der Waals surface area contributed by atoms with Crippen molar-refractivity contribution in [3.63, 3.8) is 0 Å². The molecule has 0 unspecified atom stereocenters. The van der Waals surface area contributed by atoms with Gasteiger partial charge in [0, 0.05) is 4.88 Å². The molecule has 1 atom stereocenters. The Morgan fingerprint density at radius 2 is 2.09 bits per heavy atom. The topological polar surface area (TPSA) is 89.7 Å². The Morgan fingerprint density at radius 3 is 2.84 bits per heavy atom. The molecule has 1 amide bonds. The standard InChI is InChI=1S/C23H16N2O5S2/c1-3-10-29-22(28)20-12(2)24-23(32-20)25-17(15-9-6-11-31-15)16-18(26)13-7-4-5-8-14(13)30-19(16)21(25)27/h3-9,11,17H,1,10H2,2H3/t17-/m1/s1. The van der Waals surface area contributed by atoms with E-state index in [-0.39, 0.29) is 23.4 Å². The van der Waals surface area contributed by atoms with Crippen molar-refractivity contribution in [3.8, 4) is 0 Å². The Bertz CT molecular complexity index is 1430. The van der Waals surface area contributed by atoms with E-state index in [0.717, 1.165) is 16.2 Å². The number of aromatic nitrogens is 1. The van der Waals surface area contributed by atoms with Gasteiger partial charge in [0.15, 0.2) is 10.6 Å². The van der Waals surface area contributed by atoms with E-state index in [4.69, 9.17) is 9.15 Å². The van der Waals surface area contributed by atoms with Crippen LogP contribution in [-0.2, 0) is 4.74 Å². The normalized spacial score (nSPS) is 15.2. The summed E-state index contributed by atoms with van der Waals surface area (Å²) in [4.78, 5) is 46.3. The van der Waals surface area contributed by atoms with Crippen LogP contribution < -0.4 is 10.3 Å². The summed E-state index contributed by atoms with van der Waals surface area (Å²) in [6, 6.07) is 9.87. The van der Waals surface area contributed by atoms with Crippen LogP contribution in [0.15, 0.2) is 63.6 Å². The van der Waals surface area contributed by atoms with Crippen molar-refractivity contribution in [2.45, 2.75) is 13.0 Å². The largest absolute Gasteiger partial charge is 0.457 e. The third kappa shape index (κ3) is 3.09. The second kappa shape index (κ2) is 7.85. The molecule has 32 heavy (non-hydrogen) atoms. The summed E-state index contributed by atoms with van der Waals surface area (Å²) in [5.74, 6) is -1.01. The third-order valence-corrected chi connectivity index (χ3v) is 7.16. The van der Waals surface area contributed by atoms with Gasteiger partial charge in [-0.3, -0.25) is 14.5 Å². The van der Waals surface area contributed by atoms with E-state index < -0.39 is 17.9 Å². The van der Waals surface area contributed by atoms with Crippen molar-refractivity contribution >= 4 is 50.7 Å². The summed E-state index contributed by atoms with van der Waals surface area (Å²) in [6.45, 7) is 5.29. The number of esters is 1. The van der Waals surface area contributed by atoms with Crippen LogP contribution in [0.4, 0.5) is 5.13 Å². The molecule has 1 aliphatic heterocycles. The predicted octanol–water partition coefficient (Wildman–Crippen LogP) is 4.71. The Labute approximate surface area is 190 Å². The zero-order valence-electron chi connectivity index (χ0n) is 16.9. The van der Waals surface area contributed by atoms with Gasteiger partial charge in [-0.25, -0.2) is 9.78 Å². The lowest BCUT2D eigenvalue weighted by atomic mass is 10.0. The van der Waals surface area contributed by atoms with Gasteiger partial charge < -0.3 is 9.15 Å². The Kier molecular flexibility index (Phi) is 4.99. The number of thiophene rings is 1. The molecule has 0 radical (unpaired) electrons. The molecule has 160 valence electrons. The Hall–Kier alpha value is -3.56. The fraction of sp³-hybridized carbons (Fsp3) is 0.130. The average molecular weight is 465 g/mol. The molecule has 0 spiro atoms. The lowest BCUT2D eigenvalue weighted by Gasteiger charge is -2.20. The first-order chi connectivity index (χ1) is 15.5. The Morgan fingerprint density at radius 1 is 1.28 bits per heavy atom. The Balaban J connectivity index is 1.69. The van der Waals surface area contributed by atoms with Gasteiger partial charge in [0.1, 0.15) is 23.1 Å². The maximum Gasteiger partial charge on any atom is 0.350 e. The van der Waals surface area contributed by atoms with Crippen molar-refractivity contribution in [2.75, 3.05) is 11.5 Å². The van der Waals surface area contributed by atoms with Gasteiger partial charge in [0.05, 0.1) is 16.6 Å². The second-order valence-corrected chi connectivity index (χ2v) is 9.02. The second-order valence-electron chi connectivity index (χ2n) is 7.06. The van der Waals surface area contributed by atoms with Gasteiger partial charge >= 0.3 is 5.97 Å². The van der Waals surface area contributed by atoms with Gasteiger partial charge in [0.2, 0.25) is 5.76 Å². The lowest BCUT2D eigenvalue weighted by molar-refractivity contribution is 0.0554. The summed E-state index contributed by atoms with van der Waals surface area (Å²) in [5.41, 5.74) is 0.812. The van der Waals surface area contributed by atoms with Gasteiger partial charge in [-0.15, -0.1) is 11.3 Å². The van der Waals surface area contributed by atoms with Crippen molar-refractivity contribution < 1.29 is 18.7 Å². The number of rotatable bonds is 5. The molecule has 7 nitrogen and oxygen atoms in total. The van der Waals surface area contributed by atoms with E-state index in [1.165, 1.54) is 22.3 Å². The molecule has 4 aromatic rings. The van der Waals surface area contributed by atoms with Crippen LogP contribution in [0.3, 0.4) is 0 Å². The summed E-state index contributed by atoms with van der Waals surface area (Å²) in [6.07, 6.45) is 1.48. The van der Waals surface area contributed by atoms with Gasteiger partial charge in [-0.1, -0.05) is 42.2 Å². The molecule has 0 saturated carbocycles. The molecule has 4 heterocycles. The molecule has 0 aliphatic carbocycles. The number of carbonyl (C=O) groups is 2. The maximum absolute atomic E-state index is 13.5. The number of carbonyl (C=O) groups excluding carboxylic acids is 2. The predicted molar refractivity (Wildman–Crippen MR) is 123 cm³/mol. The summed E-state index contributed by atoms with van der Waals surface area (Å²) in [7, 11) is 0. The van der Waals surface area contributed by atoms with Crippen molar-refractivity contribution in [2.24, 2.45) is 0 Å². The first-order valence-corrected chi connectivity index (χ1v) is 11.4. The molecular formula is C23H16N2O5S2. The van der Waals surface area contributed by atoms with E-state index in [0.29, 0.717) is 26.7 Å². The quantitative estimate of drug-likeness (QED) is 0.314. The highest BCUT2D eigenvalue weighted by atomic mass is 32.1. The van der Waals surface area contributed by atoms with Gasteiger partial charge in [0.25, 0.3) is 5.91 Å². The fourth-order valence-electron chi connectivity index (χ4n) is 3.71. The van der Waals surface area contributed by atoms with Crippen LogP contribution in [0, 0.1) is 6.92 Å². The monoisotopic (exact) mass is 464 g/mol. The molecule has 3 aromatic heterocycles. The maximum atomic E-state index is 13.5. The SMILES string of the molecule is C=CCOC(=O)c1sc(N2C(=O)c3oc4ccccc4c(=O)c3[C@H]2c2cccs2)nc1C. The van der Waals surface area contributed by atoms with Crippen LogP contribution in [0.5, 0.6) is 0 Å². The number of nitrogens with zero attached hydrogens (tertiary/aromatic N) is 2.